The Hall–Kier alpha value is -5.13. The molecule has 3 aromatic heterocycles. The topological polar surface area (TPSA) is 121 Å². The quantitative estimate of drug-likeness (QED) is 0.351. The van der Waals surface area contributed by atoms with Gasteiger partial charge in [0.25, 0.3) is 5.56 Å². The van der Waals surface area contributed by atoms with E-state index in [1.165, 1.54) is 27.7 Å². The Morgan fingerprint density at radius 2 is 1.93 bits per heavy atom. The van der Waals surface area contributed by atoms with Crippen molar-refractivity contribution < 1.29 is 23.5 Å². The average Bonchev–Trinajstić information content (AvgIpc) is 3.84. The number of aromatic nitrogens is 3. The number of benzene rings is 1. The van der Waals surface area contributed by atoms with E-state index in [2.05, 4.69) is 21.9 Å². The molecule has 0 unspecified atom stereocenters. The number of rotatable bonds is 4. The second-order valence-corrected chi connectivity index (χ2v) is 11.0. The number of carbonyl (C=O) groups is 2. The van der Waals surface area contributed by atoms with E-state index in [0.29, 0.717) is 16.9 Å². The number of hydrogen-bond donors (Lipinski definition) is 2. The van der Waals surface area contributed by atoms with Crippen LogP contribution < -0.4 is 15.8 Å². The van der Waals surface area contributed by atoms with Crippen LogP contribution in [0.3, 0.4) is 0 Å². The fourth-order valence-electron chi connectivity index (χ4n) is 6.14. The van der Waals surface area contributed by atoms with Crippen molar-refractivity contribution in [1.29, 1.82) is 0 Å². The molecular formula is C31H26F2N6O4. The van der Waals surface area contributed by atoms with Crippen LogP contribution >= 0.6 is 0 Å². The molecule has 2 N–H and O–H groups in total. The number of anilines is 2. The van der Waals surface area contributed by atoms with Crippen molar-refractivity contribution >= 4 is 34.2 Å². The monoisotopic (exact) mass is 584 g/mol. The first-order valence-corrected chi connectivity index (χ1v) is 13.9. The lowest BCUT2D eigenvalue weighted by Crippen LogP contribution is -2.61. The third-order valence-electron chi connectivity index (χ3n) is 8.35. The summed E-state index contributed by atoms with van der Waals surface area (Å²) in [7, 11) is 0. The second-order valence-electron chi connectivity index (χ2n) is 11.0. The highest BCUT2D eigenvalue weighted by Crippen LogP contribution is 2.45. The average molecular weight is 585 g/mol. The molecule has 1 aliphatic carbocycles. The van der Waals surface area contributed by atoms with Gasteiger partial charge in [0.2, 0.25) is 11.8 Å². The molecule has 3 aliphatic rings. The van der Waals surface area contributed by atoms with Gasteiger partial charge in [-0.2, -0.15) is 0 Å². The lowest BCUT2D eigenvalue weighted by molar-refractivity contribution is -0.128. The summed E-state index contributed by atoms with van der Waals surface area (Å²) in [5.41, 5.74) is 0.542. The Labute approximate surface area is 243 Å². The van der Waals surface area contributed by atoms with Crippen molar-refractivity contribution in [2.24, 2.45) is 0 Å². The number of piperazine rings is 1. The minimum Gasteiger partial charge on any atom is -0.507 e. The number of carbonyl (C=O) groups excluding carboxylic acids is 2. The van der Waals surface area contributed by atoms with Gasteiger partial charge in [-0.25, -0.2) is 13.8 Å². The van der Waals surface area contributed by atoms with Crippen LogP contribution in [0.25, 0.3) is 28.0 Å². The van der Waals surface area contributed by atoms with Gasteiger partial charge >= 0.3 is 0 Å². The summed E-state index contributed by atoms with van der Waals surface area (Å²) < 4.78 is 32.3. The summed E-state index contributed by atoms with van der Waals surface area (Å²) in [5, 5.41) is 13.4. The number of phenolic OH excluding ortho intramolecular Hbond substituents is 1. The summed E-state index contributed by atoms with van der Waals surface area (Å²) >= 11 is 0. The van der Waals surface area contributed by atoms with Gasteiger partial charge in [0.15, 0.2) is 11.5 Å². The van der Waals surface area contributed by atoms with Crippen molar-refractivity contribution in [2.75, 3.05) is 29.9 Å². The first-order valence-electron chi connectivity index (χ1n) is 13.9. The van der Waals surface area contributed by atoms with E-state index in [1.54, 1.807) is 17.2 Å². The van der Waals surface area contributed by atoms with Crippen LogP contribution in [0.2, 0.25) is 0 Å². The zero-order chi connectivity index (χ0) is 30.2. The number of aryl methyl sites for hydroxylation is 1. The highest BCUT2D eigenvalue weighted by Gasteiger charge is 2.42. The maximum absolute atomic E-state index is 16.0. The van der Waals surface area contributed by atoms with E-state index in [-0.39, 0.29) is 53.9 Å². The van der Waals surface area contributed by atoms with Gasteiger partial charge in [-0.05, 0) is 55.7 Å². The SMILES string of the molecule is C=CC(=O)N1CCN2c3c(c(=O)n(-c4c(C)ccnc4C4CC4)c4nc(-c5c(O)cccc5F)c(F)cc34)NC(=O)[C@H]2C1. The van der Waals surface area contributed by atoms with E-state index in [1.807, 2.05) is 6.92 Å². The molecular weight excluding hydrogens is 558 g/mol. The molecule has 1 aromatic carbocycles. The van der Waals surface area contributed by atoms with Crippen molar-refractivity contribution in [3.63, 3.8) is 0 Å². The lowest BCUT2D eigenvalue weighted by atomic mass is 10.0. The van der Waals surface area contributed by atoms with Crippen LogP contribution in [-0.2, 0) is 9.59 Å². The van der Waals surface area contributed by atoms with E-state index in [4.69, 9.17) is 0 Å². The third kappa shape index (κ3) is 4.08. The molecule has 218 valence electrons. The molecule has 2 aliphatic heterocycles. The fraction of sp³-hybridized carbons (Fsp3) is 0.258. The summed E-state index contributed by atoms with van der Waals surface area (Å²) in [6.07, 6.45) is 4.59. The number of phenols is 1. The standard InChI is InChI=1S/C31H26F2N6O4/c1-3-22(41)37-11-12-38-20(14-37)30(42)36-26-28(38)17-13-19(33)25(23-18(32)5-4-6-21(23)40)35-29(17)39(31(26)43)27-15(2)9-10-34-24(27)16-7-8-16/h3-6,9-10,13,16,20,40H,1,7-8,11-12,14H2,2H3,(H,36,42)/t20-/m1/s1. The maximum Gasteiger partial charge on any atom is 0.282 e. The Morgan fingerprint density at radius 1 is 1.14 bits per heavy atom. The third-order valence-corrected chi connectivity index (χ3v) is 8.35. The van der Waals surface area contributed by atoms with Crippen LogP contribution in [-0.4, -0.2) is 62.0 Å². The van der Waals surface area contributed by atoms with Crippen LogP contribution in [0.15, 0.2) is 54.0 Å². The largest absolute Gasteiger partial charge is 0.507 e. The summed E-state index contributed by atoms with van der Waals surface area (Å²) in [6, 6.07) is 5.64. The zero-order valence-corrected chi connectivity index (χ0v) is 23.1. The van der Waals surface area contributed by atoms with Gasteiger partial charge in [-0.3, -0.25) is 23.9 Å². The molecule has 0 bridgehead atoms. The lowest BCUT2D eigenvalue weighted by Gasteiger charge is -2.45. The predicted molar refractivity (Wildman–Crippen MR) is 155 cm³/mol. The van der Waals surface area contributed by atoms with Gasteiger partial charge < -0.3 is 20.2 Å². The Kier molecular flexibility index (Phi) is 6.04. The van der Waals surface area contributed by atoms with E-state index < -0.39 is 46.1 Å². The van der Waals surface area contributed by atoms with Crippen LogP contribution in [0.5, 0.6) is 5.75 Å². The molecule has 5 heterocycles. The van der Waals surface area contributed by atoms with E-state index >= 15 is 4.39 Å². The molecule has 2 fully saturated rings. The summed E-state index contributed by atoms with van der Waals surface area (Å²) in [5.74, 6) is -3.03. The highest BCUT2D eigenvalue weighted by molar-refractivity contribution is 6.11. The molecule has 1 atom stereocenters. The Bertz CT molecular complexity index is 1930. The number of nitrogens with one attached hydrogen (secondary N) is 1. The van der Waals surface area contributed by atoms with Crippen LogP contribution in [0.4, 0.5) is 20.2 Å². The number of hydrogen-bond acceptors (Lipinski definition) is 7. The molecule has 2 amide bonds. The molecule has 0 radical (unpaired) electrons. The Balaban J connectivity index is 1.56. The molecule has 4 aromatic rings. The zero-order valence-electron chi connectivity index (χ0n) is 23.1. The normalized spacial score (nSPS) is 17.8. The number of fused-ring (bicyclic) bond motifs is 5. The first-order chi connectivity index (χ1) is 20.7. The number of nitrogens with zero attached hydrogens (tertiary/aromatic N) is 5. The highest BCUT2D eigenvalue weighted by atomic mass is 19.1. The molecule has 12 heteroatoms. The van der Waals surface area contributed by atoms with Crippen molar-refractivity contribution in [2.45, 2.75) is 31.7 Å². The number of amides is 2. The van der Waals surface area contributed by atoms with Crippen LogP contribution in [0.1, 0.15) is 30.0 Å². The van der Waals surface area contributed by atoms with Crippen molar-refractivity contribution in [3.8, 4) is 22.7 Å². The Morgan fingerprint density at radius 3 is 2.65 bits per heavy atom. The number of pyridine rings is 3. The fourth-order valence-corrected chi connectivity index (χ4v) is 6.14. The predicted octanol–water partition coefficient (Wildman–Crippen LogP) is 3.77. The van der Waals surface area contributed by atoms with Gasteiger partial charge in [0, 0.05) is 30.6 Å². The first kappa shape index (κ1) is 26.7. The maximum atomic E-state index is 16.0. The van der Waals surface area contributed by atoms with Gasteiger partial charge in [0.1, 0.15) is 29.0 Å². The molecule has 7 rings (SSSR count). The molecule has 43 heavy (non-hydrogen) atoms. The van der Waals surface area contributed by atoms with Crippen molar-refractivity contribution in [1.82, 2.24) is 19.4 Å². The molecule has 0 spiro atoms. The van der Waals surface area contributed by atoms with E-state index in [9.17, 15) is 23.9 Å². The number of aromatic hydroxyl groups is 1. The summed E-state index contributed by atoms with van der Waals surface area (Å²) in [4.78, 5) is 52.4. The molecule has 1 saturated carbocycles. The van der Waals surface area contributed by atoms with Crippen LogP contribution in [0, 0.1) is 18.6 Å². The van der Waals surface area contributed by atoms with Gasteiger partial charge in [0.05, 0.1) is 29.2 Å². The van der Waals surface area contributed by atoms with Crippen molar-refractivity contribution in [3.05, 3.63) is 82.4 Å². The molecule has 10 nitrogen and oxygen atoms in total. The van der Waals surface area contributed by atoms with E-state index in [0.717, 1.165) is 25.0 Å². The molecule has 1 saturated heterocycles. The second kappa shape index (κ2) is 9.72. The minimum atomic E-state index is -0.931. The number of halogens is 2. The minimum absolute atomic E-state index is 0.0142. The van der Waals surface area contributed by atoms with Gasteiger partial charge in [-0.1, -0.05) is 12.6 Å². The van der Waals surface area contributed by atoms with Gasteiger partial charge in [-0.15, -0.1) is 0 Å². The smallest absolute Gasteiger partial charge is 0.282 e. The summed E-state index contributed by atoms with van der Waals surface area (Å²) in [6.45, 7) is 5.79.